The number of carboxylic acids is 1. The average molecular weight is 481 g/mol. The van der Waals surface area contributed by atoms with E-state index < -0.39 is 41.4 Å². The third-order valence-electron chi connectivity index (χ3n) is 7.39. The first-order chi connectivity index (χ1) is 15.3. The molecule has 1 heterocycles. The summed E-state index contributed by atoms with van der Waals surface area (Å²) in [5, 5.41) is 9.16. The van der Waals surface area contributed by atoms with Crippen LogP contribution >= 0.6 is 0 Å². The first-order valence-corrected chi connectivity index (χ1v) is 10.7. The lowest BCUT2D eigenvalue weighted by Crippen LogP contribution is -2.50. The molecule has 182 valence electrons. The van der Waals surface area contributed by atoms with Crippen molar-refractivity contribution in [3.8, 4) is 0 Å². The second-order valence-corrected chi connectivity index (χ2v) is 9.15. The zero-order valence-corrected chi connectivity index (χ0v) is 17.3. The van der Waals surface area contributed by atoms with E-state index >= 15 is 0 Å². The molecule has 1 aromatic rings. The number of hydrogen-bond donors (Lipinski definition) is 1. The summed E-state index contributed by atoms with van der Waals surface area (Å²) in [7, 11) is 0. The van der Waals surface area contributed by atoms with Gasteiger partial charge in [-0.25, -0.2) is 4.39 Å². The van der Waals surface area contributed by atoms with E-state index in [1.165, 1.54) is 0 Å². The Morgan fingerprint density at radius 1 is 0.909 bits per heavy atom. The largest absolute Gasteiger partial charge is 0.481 e. The number of carbonyl (C=O) groups is 2. The number of nitrogens with zero attached hydrogens (tertiary/aromatic N) is 1. The van der Waals surface area contributed by atoms with Crippen molar-refractivity contribution in [2.45, 2.75) is 68.5 Å². The van der Waals surface area contributed by atoms with E-state index in [-0.39, 0.29) is 36.3 Å². The number of hydrogen-bond acceptors (Lipinski definition) is 2. The third-order valence-corrected chi connectivity index (χ3v) is 7.39. The highest BCUT2D eigenvalue weighted by Gasteiger charge is 2.73. The smallest absolute Gasteiger partial charge is 0.435 e. The van der Waals surface area contributed by atoms with Gasteiger partial charge in [0.25, 0.3) is 0 Å². The molecule has 0 radical (unpaired) electrons. The summed E-state index contributed by atoms with van der Waals surface area (Å²) in [5.74, 6) is -2.32. The second-order valence-electron chi connectivity index (χ2n) is 9.15. The standard InChI is InChI=1S/C22H22F7NO3/c23-20(21(24,25)26,22(27,28)29)14-4-5-15-11(10-14)3-6-17-16(15)7-8-30(17)18(31)12-1-2-13(9-12)19(32)33/h4-5,10,12-13,16-17H,1-3,6-9H2,(H,32,33)/t12?,13?,16-,17+/m0/s1. The molecule has 1 saturated carbocycles. The molecule has 1 aliphatic heterocycles. The van der Waals surface area contributed by atoms with Crippen molar-refractivity contribution in [2.75, 3.05) is 6.54 Å². The third kappa shape index (κ3) is 3.77. The molecular weight excluding hydrogens is 459 g/mol. The van der Waals surface area contributed by atoms with Crippen molar-refractivity contribution in [1.82, 2.24) is 4.90 Å². The Morgan fingerprint density at radius 2 is 1.55 bits per heavy atom. The van der Waals surface area contributed by atoms with Crippen molar-refractivity contribution < 1.29 is 45.4 Å². The molecule has 2 unspecified atom stereocenters. The number of likely N-dealkylation sites (tertiary alicyclic amines) is 1. The van der Waals surface area contributed by atoms with Gasteiger partial charge in [0.15, 0.2) is 0 Å². The summed E-state index contributed by atoms with van der Waals surface area (Å²) >= 11 is 0. The highest BCUT2D eigenvalue weighted by molar-refractivity contribution is 5.81. The van der Waals surface area contributed by atoms with Crippen LogP contribution in [0, 0.1) is 11.8 Å². The zero-order chi connectivity index (χ0) is 24.3. The van der Waals surface area contributed by atoms with Gasteiger partial charge in [0.05, 0.1) is 5.92 Å². The van der Waals surface area contributed by atoms with E-state index in [4.69, 9.17) is 5.11 Å². The number of carbonyl (C=O) groups excluding carboxylic acids is 1. The van der Waals surface area contributed by atoms with Crippen LogP contribution in [0.5, 0.6) is 0 Å². The summed E-state index contributed by atoms with van der Waals surface area (Å²) in [6.07, 6.45) is -10.3. The Balaban J connectivity index is 1.57. The molecule has 4 nitrogen and oxygen atoms in total. The summed E-state index contributed by atoms with van der Waals surface area (Å²) < 4.78 is 93.2. The van der Waals surface area contributed by atoms with Crippen molar-refractivity contribution >= 4 is 11.9 Å². The zero-order valence-electron chi connectivity index (χ0n) is 17.3. The van der Waals surface area contributed by atoms with E-state index in [0.29, 0.717) is 49.9 Å². The van der Waals surface area contributed by atoms with Crippen LogP contribution in [0.4, 0.5) is 30.7 Å². The minimum Gasteiger partial charge on any atom is -0.481 e. The van der Waals surface area contributed by atoms with Crippen LogP contribution in [0.25, 0.3) is 0 Å². The molecule has 2 aliphatic carbocycles. The molecule has 0 spiro atoms. The molecule has 1 N–H and O–H groups in total. The number of fused-ring (bicyclic) bond motifs is 3. The summed E-state index contributed by atoms with van der Waals surface area (Å²) in [6.45, 7) is 0.377. The van der Waals surface area contributed by atoms with Crippen LogP contribution in [0.15, 0.2) is 18.2 Å². The molecule has 1 amide bonds. The number of aliphatic carboxylic acids is 1. The molecule has 4 rings (SSSR count). The fourth-order valence-electron chi connectivity index (χ4n) is 5.70. The first kappa shape index (κ1) is 23.8. The fraction of sp³-hybridized carbons (Fsp3) is 0.636. The SMILES string of the molecule is O=C(O)C1CCC(C(=O)N2CC[C@H]3c4ccc(C(F)(C(F)(F)F)C(F)(F)F)cc4CC[C@H]32)C1. The lowest BCUT2D eigenvalue weighted by molar-refractivity contribution is -0.348. The Kier molecular flexibility index (Phi) is 5.68. The van der Waals surface area contributed by atoms with Gasteiger partial charge in [0.2, 0.25) is 5.91 Å². The topological polar surface area (TPSA) is 57.6 Å². The van der Waals surface area contributed by atoms with Gasteiger partial charge < -0.3 is 10.0 Å². The second kappa shape index (κ2) is 7.87. The number of benzene rings is 1. The van der Waals surface area contributed by atoms with Crippen LogP contribution in [-0.2, 0) is 21.7 Å². The number of halogens is 7. The van der Waals surface area contributed by atoms with Gasteiger partial charge >= 0.3 is 24.0 Å². The normalized spacial score (nSPS) is 27.9. The summed E-state index contributed by atoms with van der Waals surface area (Å²) in [4.78, 5) is 25.9. The predicted molar refractivity (Wildman–Crippen MR) is 101 cm³/mol. The molecule has 1 aromatic carbocycles. The van der Waals surface area contributed by atoms with E-state index in [9.17, 15) is 40.3 Å². The molecule has 2 fully saturated rings. The quantitative estimate of drug-likeness (QED) is 0.611. The van der Waals surface area contributed by atoms with Crippen LogP contribution < -0.4 is 0 Å². The van der Waals surface area contributed by atoms with Gasteiger partial charge in [-0.3, -0.25) is 9.59 Å². The van der Waals surface area contributed by atoms with Crippen molar-refractivity contribution in [1.29, 1.82) is 0 Å². The minimum absolute atomic E-state index is 0.113. The van der Waals surface area contributed by atoms with Gasteiger partial charge in [-0.1, -0.05) is 18.2 Å². The van der Waals surface area contributed by atoms with Crippen LogP contribution in [-0.4, -0.2) is 46.8 Å². The molecule has 4 atom stereocenters. The van der Waals surface area contributed by atoms with Crippen molar-refractivity contribution in [3.63, 3.8) is 0 Å². The molecule has 3 aliphatic rings. The lowest BCUT2D eigenvalue weighted by atomic mass is 9.77. The van der Waals surface area contributed by atoms with Crippen molar-refractivity contribution in [3.05, 3.63) is 34.9 Å². The van der Waals surface area contributed by atoms with Gasteiger partial charge in [0, 0.05) is 30.0 Å². The lowest BCUT2D eigenvalue weighted by Gasteiger charge is -2.36. The van der Waals surface area contributed by atoms with Gasteiger partial charge in [-0.05, 0) is 49.7 Å². The molecule has 33 heavy (non-hydrogen) atoms. The molecule has 0 bridgehead atoms. The van der Waals surface area contributed by atoms with E-state index in [2.05, 4.69) is 0 Å². The molecular formula is C22H22F7NO3. The maximum absolute atomic E-state index is 14.5. The van der Waals surface area contributed by atoms with Crippen LogP contribution in [0.2, 0.25) is 0 Å². The van der Waals surface area contributed by atoms with E-state index in [0.717, 1.165) is 6.07 Å². The molecule has 11 heteroatoms. The van der Waals surface area contributed by atoms with Gasteiger partial charge in [0.1, 0.15) is 0 Å². The highest BCUT2D eigenvalue weighted by atomic mass is 19.4. The van der Waals surface area contributed by atoms with Gasteiger partial charge in [-0.2, -0.15) is 26.3 Å². The number of alkyl halides is 7. The van der Waals surface area contributed by atoms with E-state index in [1.54, 1.807) is 4.90 Å². The van der Waals surface area contributed by atoms with Crippen LogP contribution in [0.3, 0.4) is 0 Å². The Labute approximate surface area is 184 Å². The summed E-state index contributed by atoms with van der Waals surface area (Å²) in [5.41, 5.74) is -6.19. The average Bonchev–Trinajstić information content (AvgIpc) is 3.38. The maximum Gasteiger partial charge on any atom is 0.435 e. The monoisotopic (exact) mass is 481 g/mol. The van der Waals surface area contributed by atoms with E-state index in [1.807, 2.05) is 0 Å². The Bertz CT molecular complexity index is 944. The predicted octanol–water partition coefficient (Wildman–Crippen LogP) is 5.11. The van der Waals surface area contributed by atoms with Crippen LogP contribution in [0.1, 0.15) is 54.7 Å². The Morgan fingerprint density at radius 3 is 2.12 bits per heavy atom. The first-order valence-electron chi connectivity index (χ1n) is 10.7. The summed E-state index contributed by atoms with van der Waals surface area (Å²) in [6, 6.07) is 2.06. The number of carboxylic acid groups (broad SMARTS) is 1. The fourth-order valence-corrected chi connectivity index (χ4v) is 5.70. The molecule has 1 saturated heterocycles. The number of aryl methyl sites for hydroxylation is 1. The minimum atomic E-state index is -6.16. The number of amides is 1. The van der Waals surface area contributed by atoms with Crippen molar-refractivity contribution in [2.24, 2.45) is 11.8 Å². The van der Waals surface area contributed by atoms with Gasteiger partial charge in [-0.15, -0.1) is 0 Å². The Hall–Kier alpha value is -2.33. The molecule has 0 aromatic heterocycles. The number of rotatable bonds is 3. The highest BCUT2D eigenvalue weighted by Crippen LogP contribution is 2.54. The maximum atomic E-state index is 14.5.